The van der Waals surface area contributed by atoms with E-state index in [1.54, 1.807) is 32.6 Å². The van der Waals surface area contributed by atoms with Gasteiger partial charge in [0.1, 0.15) is 17.3 Å². The summed E-state index contributed by atoms with van der Waals surface area (Å²) >= 11 is 0. The Bertz CT molecular complexity index is 1420. The Morgan fingerprint density at radius 2 is 1.86 bits per heavy atom. The summed E-state index contributed by atoms with van der Waals surface area (Å²) in [4.78, 5) is 26.4. The SMILES string of the molecule is CNc1cc(N)nc(NC)c1CNC(=O)c1cn2c(n1)C=Nc1cc(Nc3ccccc3)ccc1C2. The number of nitrogens with two attached hydrogens (primary N) is 1. The number of aromatic nitrogens is 3. The third-order valence-electron chi connectivity index (χ3n) is 5.92. The Morgan fingerprint density at radius 1 is 1.03 bits per heavy atom. The molecule has 0 fully saturated rings. The molecule has 0 unspecified atom stereocenters. The molecule has 2 aromatic carbocycles. The lowest BCUT2D eigenvalue weighted by Gasteiger charge is -2.15. The zero-order chi connectivity index (χ0) is 25.1. The summed E-state index contributed by atoms with van der Waals surface area (Å²) in [5, 5.41) is 12.4. The standard InChI is InChI=1S/C26H27N9O/c1-28-21-11-23(27)34-25(29-2)19(21)12-31-26(36)22-15-35-14-16-8-9-18(32-17-6-4-3-5-7-17)10-20(16)30-13-24(35)33-22/h3-11,13,15,32H,12,14H2,1-2H3,(H,31,36)(H4,27,28,29,34). The van der Waals surface area contributed by atoms with E-state index >= 15 is 0 Å². The lowest BCUT2D eigenvalue weighted by molar-refractivity contribution is 0.0946. The van der Waals surface area contributed by atoms with Crippen molar-refractivity contribution in [3.05, 3.63) is 83.4 Å². The van der Waals surface area contributed by atoms with E-state index in [0.29, 0.717) is 29.7 Å². The van der Waals surface area contributed by atoms with Gasteiger partial charge in [-0.3, -0.25) is 9.79 Å². The second-order valence-electron chi connectivity index (χ2n) is 8.31. The topological polar surface area (TPSA) is 134 Å². The largest absolute Gasteiger partial charge is 0.388 e. The number of amides is 1. The van der Waals surface area contributed by atoms with E-state index < -0.39 is 0 Å². The number of imidazole rings is 1. The van der Waals surface area contributed by atoms with Crippen LogP contribution in [-0.4, -0.2) is 40.8 Å². The van der Waals surface area contributed by atoms with Crippen molar-refractivity contribution < 1.29 is 4.79 Å². The van der Waals surface area contributed by atoms with Crippen molar-refractivity contribution >= 4 is 46.5 Å². The molecule has 182 valence electrons. The van der Waals surface area contributed by atoms with Gasteiger partial charge in [-0.05, 0) is 29.8 Å². The summed E-state index contributed by atoms with van der Waals surface area (Å²) in [6.45, 7) is 0.820. The van der Waals surface area contributed by atoms with Gasteiger partial charge in [-0.25, -0.2) is 9.97 Å². The number of nitrogens with one attached hydrogen (secondary N) is 4. The maximum atomic E-state index is 12.9. The number of nitrogens with zero attached hydrogens (tertiary/aromatic N) is 4. The zero-order valence-electron chi connectivity index (χ0n) is 20.0. The van der Waals surface area contributed by atoms with E-state index in [9.17, 15) is 4.79 Å². The minimum atomic E-state index is -0.285. The molecule has 0 atom stereocenters. The molecule has 1 amide bonds. The van der Waals surface area contributed by atoms with E-state index in [0.717, 1.165) is 33.9 Å². The van der Waals surface area contributed by atoms with Gasteiger partial charge < -0.3 is 31.6 Å². The summed E-state index contributed by atoms with van der Waals surface area (Å²) in [7, 11) is 3.56. The van der Waals surface area contributed by atoms with E-state index in [1.807, 2.05) is 53.1 Å². The Morgan fingerprint density at radius 3 is 2.64 bits per heavy atom. The summed E-state index contributed by atoms with van der Waals surface area (Å²) in [5.74, 6) is 1.33. The number of anilines is 5. The predicted molar refractivity (Wildman–Crippen MR) is 144 cm³/mol. The molecule has 0 aliphatic carbocycles. The minimum Gasteiger partial charge on any atom is -0.388 e. The van der Waals surface area contributed by atoms with Crippen molar-refractivity contribution in [1.29, 1.82) is 0 Å². The molecule has 0 radical (unpaired) electrons. The van der Waals surface area contributed by atoms with Gasteiger partial charge in [-0.2, -0.15) is 0 Å². The third-order valence-corrected chi connectivity index (χ3v) is 5.92. The second-order valence-corrected chi connectivity index (χ2v) is 8.31. The van der Waals surface area contributed by atoms with Gasteiger partial charge in [0.25, 0.3) is 5.91 Å². The molecule has 6 N–H and O–H groups in total. The fourth-order valence-electron chi connectivity index (χ4n) is 4.12. The lowest BCUT2D eigenvalue weighted by atomic mass is 10.1. The van der Waals surface area contributed by atoms with Gasteiger partial charge in [0.2, 0.25) is 0 Å². The number of rotatable bonds is 7. The van der Waals surface area contributed by atoms with Gasteiger partial charge in [0.05, 0.1) is 18.4 Å². The van der Waals surface area contributed by atoms with E-state index in [2.05, 4.69) is 36.2 Å². The van der Waals surface area contributed by atoms with Crippen LogP contribution in [0.15, 0.2) is 65.8 Å². The first-order valence-electron chi connectivity index (χ1n) is 11.5. The molecule has 0 spiro atoms. The van der Waals surface area contributed by atoms with Crippen LogP contribution in [-0.2, 0) is 13.1 Å². The third kappa shape index (κ3) is 4.69. The number of carbonyl (C=O) groups excluding carboxylic acids is 1. The highest BCUT2D eigenvalue weighted by Gasteiger charge is 2.18. The van der Waals surface area contributed by atoms with Gasteiger partial charge in [0.15, 0.2) is 5.82 Å². The highest BCUT2D eigenvalue weighted by molar-refractivity contribution is 5.93. The van der Waals surface area contributed by atoms with Crippen LogP contribution >= 0.6 is 0 Å². The van der Waals surface area contributed by atoms with Crippen LogP contribution in [0.3, 0.4) is 0 Å². The monoisotopic (exact) mass is 481 g/mol. The lowest BCUT2D eigenvalue weighted by Crippen LogP contribution is -2.24. The van der Waals surface area contributed by atoms with Gasteiger partial charge in [-0.1, -0.05) is 24.3 Å². The Labute approximate surface area is 208 Å². The first kappa shape index (κ1) is 22.9. The van der Waals surface area contributed by atoms with E-state index in [-0.39, 0.29) is 12.5 Å². The van der Waals surface area contributed by atoms with Crippen LogP contribution in [0, 0.1) is 0 Å². The van der Waals surface area contributed by atoms with Crippen molar-refractivity contribution in [3.8, 4) is 0 Å². The normalized spacial score (nSPS) is 11.7. The Kier molecular flexibility index (Phi) is 6.23. The number of para-hydroxylation sites is 1. The Hall–Kier alpha value is -4.86. The fraction of sp³-hybridized carbons (Fsp3) is 0.154. The molecule has 0 saturated carbocycles. The van der Waals surface area contributed by atoms with E-state index in [4.69, 9.17) is 5.73 Å². The molecule has 4 aromatic rings. The molecule has 10 nitrogen and oxygen atoms in total. The van der Waals surface area contributed by atoms with Crippen molar-refractivity contribution in [2.24, 2.45) is 4.99 Å². The summed E-state index contributed by atoms with van der Waals surface area (Å²) in [6.07, 6.45) is 3.44. The predicted octanol–water partition coefficient (Wildman–Crippen LogP) is 3.73. The number of carbonyl (C=O) groups is 1. The highest BCUT2D eigenvalue weighted by Crippen LogP contribution is 2.29. The minimum absolute atomic E-state index is 0.259. The number of hydrogen-bond acceptors (Lipinski definition) is 8. The van der Waals surface area contributed by atoms with Crippen molar-refractivity contribution in [2.45, 2.75) is 13.1 Å². The average Bonchev–Trinajstić information content (AvgIpc) is 3.22. The van der Waals surface area contributed by atoms with Crippen molar-refractivity contribution in [1.82, 2.24) is 19.9 Å². The van der Waals surface area contributed by atoms with Crippen LogP contribution in [0.25, 0.3) is 0 Å². The number of aliphatic imine (C=N–C) groups is 1. The molecule has 36 heavy (non-hydrogen) atoms. The molecular formula is C26H27N9O. The summed E-state index contributed by atoms with van der Waals surface area (Å²) in [6, 6.07) is 17.8. The molecule has 0 bridgehead atoms. The Balaban J connectivity index is 1.31. The highest BCUT2D eigenvalue weighted by atomic mass is 16.1. The van der Waals surface area contributed by atoms with Gasteiger partial charge >= 0.3 is 0 Å². The van der Waals surface area contributed by atoms with Crippen LogP contribution in [0.2, 0.25) is 0 Å². The number of fused-ring (bicyclic) bond motifs is 2. The first-order chi connectivity index (χ1) is 17.5. The van der Waals surface area contributed by atoms with Gasteiger partial charge in [-0.15, -0.1) is 0 Å². The molecular weight excluding hydrogens is 454 g/mol. The molecule has 1 aliphatic rings. The van der Waals surface area contributed by atoms with Crippen LogP contribution in [0.4, 0.5) is 34.4 Å². The zero-order valence-corrected chi connectivity index (χ0v) is 20.0. The summed E-state index contributed by atoms with van der Waals surface area (Å²) in [5.41, 5.74) is 11.6. The number of benzene rings is 2. The molecule has 1 aliphatic heterocycles. The maximum absolute atomic E-state index is 12.9. The fourth-order valence-corrected chi connectivity index (χ4v) is 4.12. The second kappa shape index (κ2) is 9.79. The smallest absolute Gasteiger partial charge is 0.271 e. The van der Waals surface area contributed by atoms with Gasteiger partial charge in [0, 0.05) is 55.5 Å². The first-order valence-corrected chi connectivity index (χ1v) is 11.5. The van der Waals surface area contributed by atoms with E-state index in [1.165, 1.54) is 0 Å². The molecule has 3 heterocycles. The van der Waals surface area contributed by atoms with Crippen LogP contribution in [0.5, 0.6) is 0 Å². The van der Waals surface area contributed by atoms with Crippen LogP contribution in [0.1, 0.15) is 27.4 Å². The molecule has 0 saturated heterocycles. The molecule has 10 heteroatoms. The number of hydrogen-bond donors (Lipinski definition) is 5. The van der Waals surface area contributed by atoms with Crippen molar-refractivity contribution in [2.75, 3.05) is 35.8 Å². The maximum Gasteiger partial charge on any atom is 0.271 e. The van der Waals surface area contributed by atoms with Crippen molar-refractivity contribution in [3.63, 3.8) is 0 Å². The molecule has 2 aromatic heterocycles. The number of nitrogen functional groups attached to an aromatic ring is 1. The average molecular weight is 482 g/mol. The quantitative estimate of drug-likeness (QED) is 0.239. The molecule has 5 rings (SSSR count). The summed E-state index contributed by atoms with van der Waals surface area (Å²) < 4.78 is 1.93. The van der Waals surface area contributed by atoms with Crippen LogP contribution < -0.4 is 27.0 Å². The number of pyridine rings is 1.